The van der Waals surface area contributed by atoms with Gasteiger partial charge in [-0.3, -0.25) is 4.79 Å². The molecule has 3 rings (SSSR count). The van der Waals surface area contributed by atoms with Crippen LogP contribution in [0.15, 0.2) is 28.8 Å². The van der Waals surface area contributed by atoms with Crippen LogP contribution in [0.2, 0.25) is 0 Å². The van der Waals surface area contributed by atoms with Crippen molar-refractivity contribution in [3.8, 4) is 5.75 Å². The number of carbonyl (C=O) groups excluding carboxylic acids is 1. The Balaban J connectivity index is 1.75. The minimum Gasteiger partial charge on any atom is -0.495 e. The Labute approximate surface area is 141 Å². The summed E-state index contributed by atoms with van der Waals surface area (Å²) >= 11 is 0. The fourth-order valence-electron chi connectivity index (χ4n) is 2.85. The molecule has 128 valence electrons. The van der Waals surface area contributed by atoms with Crippen molar-refractivity contribution in [3.63, 3.8) is 0 Å². The van der Waals surface area contributed by atoms with Crippen LogP contribution in [0.1, 0.15) is 31.0 Å². The van der Waals surface area contributed by atoms with Crippen molar-refractivity contribution in [1.29, 1.82) is 0 Å². The predicted molar refractivity (Wildman–Crippen MR) is 89.2 cm³/mol. The second kappa shape index (κ2) is 7.00. The quantitative estimate of drug-likeness (QED) is 0.869. The summed E-state index contributed by atoms with van der Waals surface area (Å²) in [5.41, 5.74) is 0.774. The van der Waals surface area contributed by atoms with Crippen LogP contribution in [-0.4, -0.2) is 42.8 Å². The number of anilines is 1. The van der Waals surface area contributed by atoms with Crippen LogP contribution in [0.25, 0.3) is 0 Å². The molecule has 24 heavy (non-hydrogen) atoms. The summed E-state index contributed by atoms with van der Waals surface area (Å²) in [6.45, 7) is 2.57. The van der Waals surface area contributed by atoms with Crippen molar-refractivity contribution in [3.05, 3.63) is 36.0 Å². The SMILES string of the molecule is CNC(C)Cc1noc(C2CC(=O)N(c3ccccc3OC)C2)n1. The zero-order valence-corrected chi connectivity index (χ0v) is 14.2. The molecular formula is C17H22N4O3. The van der Waals surface area contributed by atoms with Gasteiger partial charge in [0.2, 0.25) is 11.8 Å². The van der Waals surface area contributed by atoms with E-state index in [-0.39, 0.29) is 17.9 Å². The first kappa shape index (κ1) is 16.4. The van der Waals surface area contributed by atoms with Crippen molar-refractivity contribution in [2.24, 2.45) is 0 Å². The number of methoxy groups -OCH3 is 1. The van der Waals surface area contributed by atoms with E-state index >= 15 is 0 Å². The number of amides is 1. The van der Waals surface area contributed by atoms with Gasteiger partial charge in [-0.1, -0.05) is 17.3 Å². The average Bonchev–Trinajstić information content (AvgIpc) is 3.21. The van der Waals surface area contributed by atoms with Crippen LogP contribution in [-0.2, 0) is 11.2 Å². The first-order valence-corrected chi connectivity index (χ1v) is 8.05. The number of hydrogen-bond donors (Lipinski definition) is 1. The maximum Gasteiger partial charge on any atom is 0.232 e. The number of nitrogens with zero attached hydrogens (tertiary/aromatic N) is 3. The minimum atomic E-state index is -0.0893. The number of ether oxygens (including phenoxy) is 1. The molecule has 7 heteroatoms. The van der Waals surface area contributed by atoms with Crippen molar-refractivity contribution < 1.29 is 14.1 Å². The van der Waals surface area contributed by atoms with Crippen molar-refractivity contribution in [2.45, 2.75) is 31.7 Å². The summed E-state index contributed by atoms with van der Waals surface area (Å²) in [4.78, 5) is 18.6. The lowest BCUT2D eigenvalue weighted by Gasteiger charge is -2.18. The molecule has 1 saturated heterocycles. The number of rotatable bonds is 6. The van der Waals surface area contributed by atoms with Crippen LogP contribution < -0.4 is 15.0 Å². The van der Waals surface area contributed by atoms with E-state index in [1.165, 1.54) is 0 Å². The standard InChI is InChI=1S/C17H22N4O3/c1-11(18-2)8-15-19-17(24-20-15)12-9-16(22)21(10-12)13-6-4-5-7-14(13)23-3/h4-7,11-12,18H,8-10H2,1-3H3. The number of aromatic nitrogens is 2. The van der Waals surface area contributed by atoms with Crippen molar-refractivity contribution >= 4 is 11.6 Å². The van der Waals surface area contributed by atoms with Gasteiger partial charge < -0.3 is 19.5 Å². The fraction of sp³-hybridized carbons (Fsp3) is 0.471. The van der Waals surface area contributed by atoms with Gasteiger partial charge in [0.05, 0.1) is 18.7 Å². The van der Waals surface area contributed by atoms with Gasteiger partial charge in [-0.15, -0.1) is 0 Å². The predicted octanol–water partition coefficient (Wildman–Crippen LogP) is 1.75. The second-order valence-electron chi connectivity index (χ2n) is 6.02. The van der Waals surface area contributed by atoms with E-state index in [0.717, 1.165) is 5.69 Å². The number of hydrogen-bond acceptors (Lipinski definition) is 6. The van der Waals surface area contributed by atoms with Gasteiger partial charge in [0, 0.05) is 25.4 Å². The number of likely N-dealkylation sites (N-methyl/N-ethyl adjacent to an activating group) is 1. The Morgan fingerprint density at radius 2 is 2.25 bits per heavy atom. The first-order valence-electron chi connectivity index (χ1n) is 8.05. The summed E-state index contributed by atoms with van der Waals surface area (Å²) < 4.78 is 10.7. The second-order valence-corrected chi connectivity index (χ2v) is 6.02. The van der Waals surface area contributed by atoms with Crippen LogP contribution in [0.5, 0.6) is 5.75 Å². The van der Waals surface area contributed by atoms with Gasteiger partial charge in [0.1, 0.15) is 5.75 Å². The highest BCUT2D eigenvalue weighted by atomic mass is 16.5. The third kappa shape index (κ3) is 3.26. The van der Waals surface area contributed by atoms with Gasteiger partial charge in [0.25, 0.3) is 0 Å². The molecule has 1 aromatic carbocycles. The third-order valence-corrected chi connectivity index (χ3v) is 4.32. The van der Waals surface area contributed by atoms with Gasteiger partial charge >= 0.3 is 0 Å². The van der Waals surface area contributed by atoms with Crippen LogP contribution in [0.4, 0.5) is 5.69 Å². The number of nitrogens with one attached hydrogen (secondary N) is 1. The Hall–Kier alpha value is -2.41. The molecule has 0 aliphatic carbocycles. The molecule has 7 nitrogen and oxygen atoms in total. The van der Waals surface area contributed by atoms with E-state index in [4.69, 9.17) is 9.26 Å². The van der Waals surface area contributed by atoms with E-state index in [9.17, 15) is 4.79 Å². The summed E-state index contributed by atoms with van der Waals surface area (Å²) in [7, 11) is 3.50. The molecule has 0 bridgehead atoms. The lowest BCUT2D eigenvalue weighted by Crippen LogP contribution is -2.25. The van der Waals surface area contributed by atoms with Crippen molar-refractivity contribution in [2.75, 3.05) is 25.6 Å². The highest BCUT2D eigenvalue weighted by molar-refractivity contribution is 5.97. The largest absolute Gasteiger partial charge is 0.495 e. The van der Waals surface area contributed by atoms with Gasteiger partial charge in [-0.05, 0) is 26.1 Å². The summed E-state index contributed by atoms with van der Waals surface area (Å²) in [6.07, 6.45) is 1.05. The molecule has 2 heterocycles. The molecule has 0 spiro atoms. The molecular weight excluding hydrogens is 308 g/mol. The summed E-state index contributed by atoms with van der Waals surface area (Å²) in [5, 5.41) is 7.17. The van der Waals surface area contributed by atoms with Crippen LogP contribution in [0, 0.1) is 0 Å². The van der Waals surface area contributed by atoms with E-state index in [1.54, 1.807) is 12.0 Å². The third-order valence-electron chi connectivity index (χ3n) is 4.32. The maximum absolute atomic E-state index is 12.4. The average molecular weight is 330 g/mol. The van der Waals surface area contributed by atoms with E-state index in [0.29, 0.717) is 36.9 Å². The Kier molecular flexibility index (Phi) is 4.80. The summed E-state index contributed by atoms with van der Waals surface area (Å²) in [6, 6.07) is 7.77. The van der Waals surface area contributed by atoms with E-state index in [2.05, 4.69) is 22.4 Å². The van der Waals surface area contributed by atoms with Crippen LogP contribution >= 0.6 is 0 Å². The fourth-order valence-corrected chi connectivity index (χ4v) is 2.85. The number of carbonyl (C=O) groups is 1. The molecule has 2 aromatic rings. The molecule has 1 fully saturated rings. The molecule has 1 aliphatic rings. The summed E-state index contributed by atoms with van der Waals surface area (Å²) in [5.74, 6) is 1.82. The monoisotopic (exact) mass is 330 g/mol. The topological polar surface area (TPSA) is 80.5 Å². The molecule has 2 unspecified atom stereocenters. The highest BCUT2D eigenvalue weighted by Crippen LogP contribution is 2.35. The molecule has 1 N–H and O–H groups in total. The van der Waals surface area contributed by atoms with Crippen LogP contribution in [0.3, 0.4) is 0 Å². The number of benzene rings is 1. The normalized spacial score (nSPS) is 18.9. The van der Waals surface area contributed by atoms with E-state index in [1.807, 2.05) is 31.3 Å². The lowest BCUT2D eigenvalue weighted by molar-refractivity contribution is -0.117. The smallest absolute Gasteiger partial charge is 0.232 e. The molecule has 0 radical (unpaired) electrons. The Bertz CT molecular complexity index is 715. The molecule has 2 atom stereocenters. The zero-order chi connectivity index (χ0) is 17.1. The maximum atomic E-state index is 12.4. The van der Waals surface area contributed by atoms with Gasteiger partial charge in [-0.2, -0.15) is 4.98 Å². The van der Waals surface area contributed by atoms with Gasteiger partial charge in [-0.25, -0.2) is 0 Å². The molecule has 1 aromatic heterocycles. The molecule has 1 amide bonds. The van der Waals surface area contributed by atoms with Gasteiger partial charge in [0.15, 0.2) is 5.82 Å². The zero-order valence-electron chi connectivity index (χ0n) is 14.2. The molecule has 1 aliphatic heterocycles. The highest BCUT2D eigenvalue weighted by Gasteiger charge is 2.36. The lowest BCUT2D eigenvalue weighted by atomic mass is 10.1. The molecule has 0 saturated carbocycles. The minimum absolute atomic E-state index is 0.0350. The first-order chi connectivity index (χ1) is 11.6. The Morgan fingerprint density at radius 3 is 3.00 bits per heavy atom. The Morgan fingerprint density at radius 1 is 1.46 bits per heavy atom. The van der Waals surface area contributed by atoms with E-state index < -0.39 is 0 Å². The van der Waals surface area contributed by atoms with Crippen molar-refractivity contribution in [1.82, 2.24) is 15.5 Å². The number of para-hydroxylation sites is 2.